The van der Waals surface area contributed by atoms with Crippen LogP contribution in [0.15, 0.2) is 18.2 Å². The van der Waals surface area contributed by atoms with Crippen LogP contribution in [0, 0.1) is 5.82 Å². The summed E-state index contributed by atoms with van der Waals surface area (Å²) in [6.07, 6.45) is -4.96. The van der Waals surface area contributed by atoms with Crippen molar-refractivity contribution in [3.8, 4) is 5.75 Å². The summed E-state index contributed by atoms with van der Waals surface area (Å²) in [5.41, 5.74) is -0.0705. The van der Waals surface area contributed by atoms with Crippen LogP contribution in [0.5, 0.6) is 5.75 Å². The molecule has 94 valence electrons. The van der Waals surface area contributed by atoms with Gasteiger partial charge in [-0.1, -0.05) is 0 Å². The normalized spacial score (nSPS) is 11.1. The van der Waals surface area contributed by atoms with Crippen molar-refractivity contribution in [2.75, 3.05) is 6.54 Å². The number of halogens is 4. The molecule has 0 spiro atoms. The monoisotopic (exact) mass is 251 g/mol. The highest BCUT2D eigenvalue weighted by molar-refractivity contribution is 5.94. The molecule has 1 rings (SSSR count). The minimum absolute atomic E-state index is 0.0705. The molecule has 0 aliphatic heterocycles. The van der Waals surface area contributed by atoms with E-state index in [0.717, 1.165) is 12.1 Å². The number of benzene rings is 1. The Kier molecular flexibility index (Phi) is 3.93. The smallest absolute Gasteiger partial charge is 0.403 e. The van der Waals surface area contributed by atoms with Gasteiger partial charge in [0.1, 0.15) is 0 Å². The lowest BCUT2D eigenvalue weighted by molar-refractivity contribution is -0.275. The summed E-state index contributed by atoms with van der Waals surface area (Å²) in [5, 5.41) is 2.39. The van der Waals surface area contributed by atoms with E-state index in [4.69, 9.17) is 0 Å². The third-order valence-electron chi connectivity index (χ3n) is 1.76. The maximum atomic E-state index is 13.2. The average molecular weight is 251 g/mol. The van der Waals surface area contributed by atoms with Gasteiger partial charge in [-0.05, 0) is 25.1 Å². The molecule has 1 amide bonds. The van der Waals surface area contributed by atoms with Gasteiger partial charge in [0.15, 0.2) is 11.6 Å². The van der Waals surface area contributed by atoms with Crippen LogP contribution in [0.2, 0.25) is 0 Å². The molecule has 0 unspecified atom stereocenters. The van der Waals surface area contributed by atoms with Gasteiger partial charge in [0.25, 0.3) is 5.91 Å². The van der Waals surface area contributed by atoms with E-state index in [1.165, 1.54) is 0 Å². The van der Waals surface area contributed by atoms with Crippen molar-refractivity contribution in [3.05, 3.63) is 29.6 Å². The van der Waals surface area contributed by atoms with Crippen molar-refractivity contribution in [2.45, 2.75) is 13.3 Å². The fourth-order valence-electron chi connectivity index (χ4n) is 1.11. The molecule has 0 heterocycles. The summed E-state index contributed by atoms with van der Waals surface area (Å²) in [7, 11) is 0. The fourth-order valence-corrected chi connectivity index (χ4v) is 1.11. The highest BCUT2D eigenvalue weighted by atomic mass is 19.4. The zero-order chi connectivity index (χ0) is 13.1. The van der Waals surface area contributed by atoms with Crippen LogP contribution >= 0.6 is 0 Å². The molecule has 1 aromatic rings. The van der Waals surface area contributed by atoms with Crippen LogP contribution in [0.4, 0.5) is 17.6 Å². The number of ether oxygens (including phenoxy) is 1. The van der Waals surface area contributed by atoms with E-state index in [9.17, 15) is 22.4 Å². The lowest BCUT2D eigenvalue weighted by atomic mass is 10.2. The van der Waals surface area contributed by atoms with E-state index in [1.54, 1.807) is 6.92 Å². The lowest BCUT2D eigenvalue weighted by Crippen LogP contribution is -2.23. The number of carbonyl (C=O) groups is 1. The predicted molar refractivity (Wildman–Crippen MR) is 51.1 cm³/mol. The van der Waals surface area contributed by atoms with Gasteiger partial charge in [-0.3, -0.25) is 4.79 Å². The number of hydrogen-bond donors (Lipinski definition) is 1. The first kappa shape index (κ1) is 13.3. The Morgan fingerprint density at radius 2 is 2.06 bits per heavy atom. The van der Waals surface area contributed by atoms with E-state index in [2.05, 4.69) is 10.1 Å². The Labute approximate surface area is 94.4 Å². The molecule has 0 aromatic heterocycles. The largest absolute Gasteiger partial charge is 0.573 e. The molecule has 0 aliphatic rings. The number of carbonyl (C=O) groups excluding carboxylic acids is 1. The van der Waals surface area contributed by atoms with E-state index in [1.807, 2.05) is 0 Å². The van der Waals surface area contributed by atoms with Crippen molar-refractivity contribution in [3.63, 3.8) is 0 Å². The van der Waals surface area contributed by atoms with Gasteiger partial charge in [-0.25, -0.2) is 4.39 Å². The van der Waals surface area contributed by atoms with Gasteiger partial charge in [0.05, 0.1) is 0 Å². The van der Waals surface area contributed by atoms with Crippen molar-refractivity contribution in [1.29, 1.82) is 0 Å². The second kappa shape index (κ2) is 5.03. The fraction of sp³-hybridized carbons (Fsp3) is 0.300. The molecule has 0 saturated carbocycles. The summed E-state index contributed by atoms with van der Waals surface area (Å²) in [6.45, 7) is 2.00. The van der Waals surface area contributed by atoms with Crippen LogP contribution < -0.4 is 10.1 Å². The molecule has 0 aliphatic carbocycles. The van der Waals surface area contributed by atoms with Crippen molar-refractivity contribution >= 4 is 5.91 Å². The molecule has 3 nitrogen and oxygen atoms in total. The lowest BCUT2D eigenvalue weighted by Gasteiger charge is -2.10. The Hall–Kier alpha value is -1.79. The Morgan fingerprint density at radius 1 is 1.41 bits per heavy atom. The Bertz CT molecular complexity index is 417. The predicted octanol–water partition coefficient (Wildman–Crippen LogP) is 2.47. The highest BCUT2D eigenvalue weighted by Crippen LogP contribution is 2.25. The molecule has 0 radical (unpaired) electrons. The first-order valence-corrected chi connectivity index (χ1v) is 4.67. The van der Waals surface area contributed by atoms with Gasteiger partial charge in [-0.15, -0.1) is 13.2 Å². The molecule has 0 saturated heterocycles. The molecular weight excluding hydrogens is 242 g/mol. The van der Waals surface area contributed by atoms with Crippen molar-refractivity contribution < 1.29 is 27.1 Å². The highest BCUT2D eigenvalue weighted by Gasteiger charge is 2.32. The van der Waals surface area contributed by atoms with E-state index >= 15 is 0 Å². The second-order valence-electron chi connectivity index (χ2n) is 3.05. The minimum atomic E-state index is -4.96. The standard InChI is InChI=1S/C10H9F4NO2/c1-2-15-9(16)6-3-4-8(7(11)5-6)17-10(12,13)14/h3-5H,2H2,1H3,(H,15,16). The third kappa shape index (κ3) is 3.93. The molecule has 0 fully saturated rings. The topological polar surface area (TPSA) is 38.3 Å². The van der Waals surface area contributed by atoms with Crippen LogP contribution in [0.3, 0.4) is 0 Å². The van der Waals surface area contributed by atoms with Gasteiger partial charge >= 0.3 is 6.36 Å². The number of amides is 1. The van der Waals surface area contributed by atoms with Gasteiger partial charge in [0, 0.05) is 12.1 Å². The number of alkyl halides is 3. The van der Waals surface area contributed by atoms with E-state index in [0.29, 0.717) is 12.6 Å². The van der Waals surface area contributed by atoms with Crippen LogP contribution in [-0.2, 0) is 0 Å². The van der Waals surface area contributed by atoms with Crippen LogP contribution in [-0.4, -0.2) is 18.8 Å². The second-order valence-corrected chi connectivity index (χ2v) is 3.05. The molecular formula is C10H9F4NO2. The van der Waals surface area contributed by atoms with Gasteiger partial charge in [-0.2, -0.15) is 0 Å². The van der Waals surface area contributed by atoms with Crippen LogP contribution in [0.1, 0.15) is 17.3 Å². The summed E-state index contributed by atoms with van der Waals surface area (Å²) in [4.78, 5) is 11.3. The molecule has 17 heavy (non-hydrogen) atoms. The molecule has 7 heteroatoms. The molecule has 1 N–H and O–H groups in total. The molecule has 0 atom stereocenters. The van der Waals surface area contributed by atoms with E-state index < -0.39 is 23.8 Å². The first-order chi connectivity index (χ1) is 7.83. The molecule has 1 aromatic carbocycles. The first-order valence-electron chi connectivity index (χ1n) is 4.67. The third-order valence-corrected chi connectivity index (χ3v) is 1.76. The zero-order valence-electron chi connectivity index (χ0n) is 8.77. The summed E-state index contributed by atoms with van der Waals surface area (Å²) >= 11 is 0. The Morgan fingerprint density at radius 3 is 2.53 bits per heavy atom. The van der Waals surface area contributed by atoms with Crippen molar-refractivity contribution in [2.24, 2.45) is 0 Å². The quantitative estimate of drug-likeness (QED) is 0.838. The Balaban J connectivity index is 2.90. The SMILES string of the molecule is CCNC(=O)c1ccc(OC(F)(F)F)c(F)c1. The zero-order valence-corrected chi connectivity index (χ0v) is 8.77. The average Bonchev–Trinajstić information content (AvgIpc) is 2.19. The number of nitrogens with one attached hydrogen (secondary N) is 1. The van der Waals surface area contributed by atoms with E-state index in [-0.39, 0.29) is 5.56 Å². The van der Waals surface area contributed by atoms with Crippen molar-refractivity contribution in [1.82, 2.24) is 5.32 Å². The maximum absolute atomic E-state index is 13.2. The van der Waals surface area contributed by atoms with Crippen LogP contribution in [0.25, 0.3) is 0 Å². The molecule has 0 bridgehead atoms. The van der Waals surface area contributed by atoms with Gasteiger partial charge in [0.2, 0.25) is 0 Å². The minimum Gasteiger partial charge on any atom is -0.403 e. The summed E-state index contributed by atoms with van der Waals surface area (Å²) < 4.78 is 52.1. The summed E-state index contributed by atoms with van der Waals surface area (Å²) in [5.74, 6) is -2.78. The number of rotatable bonds is 3. The maximum Gasteiger partial charge on any atom is 0.573 e. The summed E-state index contributed by atoms with van der Waals surface area (Å²) in [6, 6.07) is 2.49. The number of hydrogen-bond acceptors (Lipinski definition) is 2. The van der Waals surface area contributed by atoms with Gasteiger partial charge < -0.3 is 10.1 Å².